The summed E-state index contributed by atoms with van der Waals surface area (Å²) in [5.41, 5.74) is 1.48. The van der Waals surface area contributed by atoms with Gasteiger partial charge in [-0.05, 0) is 24.0 Å². The summed E-state index contributed by atoms with van der Waals surface area (Å²) in [7, 11) is 0. The quantitative estimate of drug-likeness (QED) is 0.373. The van der Waals surface area contributed by atoms with Gasteiger partial charge in [-0.2, -0.15) is 39.5 Å². The predicted octanol–water partition coefficient (Wildman–Crippen LogP) is 4.19. The van der Waals surface area contributed by atoms with Crippen molar-refractivity contribution in [2.24, 2.45) is 0 Å². The number of hydrogen-bond donors (Lipinski definition) is 0. The normalized spacial score (nSPS) is 17.8. The van der Waals surface area contributed by atoms with Gasteiger partial charge in [-0.3, -0.25) is 19.3 Å². The molecule has 1 heterocycles. The van der Waals surface area contributed by atoms with Crippen molar-refractivity contribution in [3.8, 4) is 0 Å². The molecule has 0 bridgehead atoms. The topological polar surface area (TPSA) is 64.2 Å². The number of alkyl halides is 10. The molecule has 1 fully saturated rings. The van der Waals surface area contributed by atoms with Crippen LogP contribution in [0.15, 0.2) is 24.3 Å². The summed E-state index contributed by atoms with van der Waals surface area (Å²) in [6, 6.07) is 6.83. The molecule has 0 N–H and O–H groups in total. The molecule has 2 rings (SSSR count). The highest BCUT2D eigenvalue weighted by Crippen LogP contribution is 2.23. The zero-order valence-corrected chi connectivity index (χ0v) is 22.3. The van der Waals surface area contributed by atoms with Crippen LogP contribution in [0.5, 0.6) is 0 Å². The van der Waals surface area contributed by atoms with E-state index in [0.29, 0.717) is 15.4 Å². The summed E-state index contributed by atoms with van der Waals surface area (Å²) < 4.78 is 119. The Hall–Kier alpha value is -2.75. The van der Waals surface area contributed by atoms with Crippen molar-refractivity contribution in [2.45, 2.75) is 43.8 Å². The molecule has 1 saturated heterocycles. The molecule has 0 saturated carbocycles. The van der Waals surface area contributed by atoms with Crippen LogP contribution >= 0.6 is 11.6 Å². The molecule has 0 radical (unpaired) electrons. The van der Waals surface area contributed by atoms with E-state index in [4.69, 9.17) is 11.6 Å². The van der Waals surface area contributed by atoms with Crippen molar-refractivity contribution in [3.63, 3.8) is 0 Å². The summed E-state index contributed by atoms with van der Waals surface area (Å²) in [5.74, 6) is -6.71. The van der Waals surface area contributed by atoms with Crippen molar-refractivity contribution in [3.05, 3.63) is 35.4 Å². The summed E-state index contributed by atoms with van der Waals surface area (Å²) in [5, 5.41) is 0. The van der Waals surface area contributed by atoms with E-state index >= 15 is 0 Å². The van der Waals surface area contributed by atoms with E-state index < -0.39 is 81.9 Å². The fourth-order valence-electron chi connectivity index (χ4n) is 4.19. The molecule has 1 aliphatic heterocycles. The van der Waals surface area contributed by atoms with Crippen LogP contribution in [0.3, 0.4) is 0 Å². The highest BCUT2D eigenvalue weighted by atomic mass is 35.5. The van der Waals surface area contributed by atoms with Crippen LogP contribution in [0.4, 0.5) is 39.5 Å². The van der Waals surface area contributed by atoms with Gasteiger partial charge in [-0.25, -0.2) is 0 Å². The van der Waals surface area contributed by atoms with Gasteiger partial charge < -0.3 is 14.7 Å². The van der Waals surface area contributed by atoms with Crippen LogP contribution in [0.25, 0.3) is 0 Å². The monoisotopic (exact) mass is 626 g/mol. The Kier molecular flexibility index (Phi) is 12.1. The largest absolute Gasteiger partial charge is 0.471 e. The number of carbonyl (C=O) groups excluding carboxylic acids is 3. The average molecular weight is 627 g/mol. The Labute approximate surface area is 234 Å². The third-order valence-corrected chi connectivity index (χ3v) is 6.57. The van der Waals surface area contributed by atoms with Gasteiger partial charge >= 0.3 is 36.3 Å². The molecule has 0 aromatic heterocycles. The van der Waals surface area contributed by atoms with E-state index in [1.807, 2.05) is 0 Å². The standard InChI is InChI=1S/C24H28ClF9N4O3/c25-15-17-3-5-18(6-4-17)16-35-7-1-8-37(20(40)23(29,30)31)13-14-38(21(41)24(32,33)34)10-2-9-36(12-11-35)19(39)22(26,27)28/h3-6H,1-2,7-16H2. The smallest absolute Gasteiger partial charge is 0.334 e. The Morgan fingerprint density at radius 1 is 0.561 bits per heavy atom. The molecular formula is C24H28ClF9N4O3. The molecule has 3 amide bonds. The lowest BCUT2D eigenvalue weighted by Crippen LogP contribution is -2.50. The Bertz CT molecular complexity index is 1030. The van der Waals surface area contributed by atoms with E-state index in [1.165, 1.54) is 0 Å². The van der Waals surface area contributed by atoms with Crippen LogP contribution < -0.4 is 0 Å². The number of carbonyl (C=O) groups is 3. The average Bonchev–Trinajstić information content (AvgIpc) is 2.88. The molecule has 232 valence electrons. The number of amides is 3. The first-order chi connectivity index (χ1) is 18.9. The van der Waals surface area contributed by atoms with Crippen molar-refractivity contribution in [1.29, 1.82) is 0 Å². The van der Waals surface area contributed by atoms with Gasteiger partial charge in [0.05, 0.1) is 0 Å². The SMILES string of the molecule is O=C(N1CCCN(C(=O)C(F)(F)F)CCN(C(=O)C(F)(F)F)CCCN(Cc2ccc(CCl)cc2)CC1)C(F)(F)F. The van der Waals surface area contributed by atoms with Crippen molar-refractivity contribution >= 4 is 29.3 Å². The summed E-state index contributed by atoms with van der Waals surface area (Å²) >= 11 is 5.77. The molecule has 7 nitrogen and oxygen atoms in total. The molecule has 0 atom stereocenters. The molecule has 0 unspecified atom stereocenters. The second-order valence-corrected chi connectivity index (χ2v) is 9.57. The van der Waals surface area contributed by atoms with Gasteiger partial charge in [0.25, 0.3) is 0 Å². The zero-order chi connectivity index (χ0) is 31.0. The first-order valence-corrected chi connectivity index (χ1v) is 12.9. The van der Waals surface area contributed by atoms with E-state index in [9.17, 15) is 53.9 Å². The fraction of sp³-hybridized carbons (Fsp3) is 0.625. The highest BCUT2D eigenvalue weighted by molar-refractivity contribution is 6.17. The van der Waals surface area contributed by atoms with Crippen molar-refractivity contribution in [1.82, 2.24) is 19.6 Å². The molecule has 1 aromatic rings. The van der Waals surface area contributed by atoms with Crippen molar-refractivity contribution < 1.29 is 53.9 Å². The van der Waals surface area contributed by atoms with Crippen LogP contribution in [-0.2, 0) is 26.8 Å². The minimum atomic E-state index is -5.42. The van der Waals surface area contributed by atoms with Gasteiger partial charge in [0.15, 0.2) is 0 Å². The number of rotatable bonds is 3. The lowest BCUT2D eigenvalue weighted by molar-refractivity contribution is -0.189. The Balaban J connectivity index is 2.35. The van der Waals surface area contributed by atoms with E-state index in [0.717, 1.165) is 5.56 Å². The van der Waals surface area contributed by atoms with Crippen LogP contribution in [0.2, 0.25) is 0 Å². The van der Waals surface area contributed by atoms with Crippen molar-refractivity contribution in [2.75, 3.05) is 52.4 Å². The lowest BCUT2D eigenvalue weighted by Gasteiger charge is -2.32. The van der Waals surface area contributed by atoms with E-state index in [-0.39, 0.29) is 36.8 Å². The summed E-state index contributed by atoms with van der Waals surface area (Å²) in [6.07, 6.45) is -16.7. The van der Waals surface area contributed by atoms with Gasteiger partial charge in [0.1, 0.15) is 0 Å². The zero-order valence-electron chi connectivity index (χ0n) is 21.6. The second-order valence-electron chi connectivity index (χ2n) is 9.30. The number of benzene rings is 1. The first-order valence-electron chi connectivity index (χ1n) is 12.4. The number of halogens is 10. The van der Waals surface area contributed by atoms with Gasteiger partial charge in [-0.1, -0.05) is 24.3 Å². The Morgan fingerprint density at radius 3 is 1.27 bits per heavy atom. The number of nitrogens with zero attached hydrogens (tertiary/aromatic N) is 4. The van der Waals surface area contributed by atoms with Gasteiger partial charge in [0, 0.05) is 64.8 Å². The van der Waals surface area contributed by atoms with Crippen LogP contribution in [-0.4, -0.2) is 108 Å². The van der Waals surface area contributed by atoms with Gasteiger partial charge in [0.2, 0.25) is 0 Å². The minimum Gasteiger partial charge on any atom is -0.334 e. The molecular weight excluding hydrogens is 599 g/mol. The lowest BCUT2D eigenvalue weighted by atomic mass is 10.1. The Morgan fingerprint density at radius 2 is 0.902 bits per heavy atom. The molecule has 1 aromatic carbocycles. The first kappa shape index (κ1) is 34.5. The maximum atomic E-state index is 13.2. The van der Waals surface area contributed by atoms with E-state index in [1.54, 1.807) is 29.2 Å². The highest BCUT2D eigenvalue weighted by Gasteiger charge is 2.45. The third kappa shape index (κ3) is 10.9. The maximum absolute atomic E-state index is 13.2. The summed E-state index contributed by atoms with van der Waals surface area (Å²) in [6.45, 7) is -4.47. The fourth-order valence-corrected chi connectivity index (χ4v) is 4.36. The molecule has 0 spiro atoms. The predicted molar refractivity (Wildman–Crippen MR) is 128 cm³/mol. The molecule has 41 heavy (non-hydrogen) atoms. The van der Waals surface area contributed by atoms with E-state index in [2.05, 4.69) is 0 Å². The van der Waals surface area contributed by atoms with Gasteiger partial charge in [-0.15, -0.1) is 11.6 Å². The summed E-state index contributed by atoms with van der Waals surface area (Å²) in [4.78, 5) is 38.3. The molecule has 0 aliphatic carbocycles. The van der Waals surface area contributed by atoms with Crippen LogP contribution in [0.1, 0.15) is 24.0 Å². The third-order valence-electron chi connectivity index (χ3n) is 6.26. The maximum Gasteiger partial charge on any atom is 0.471 e. The number of hydrogen-bond acceptors (Lipinski definition) is 4. The molecule has 17 heteroatoms. The molecule has 1 aliphatic rings. The minimum absolute atomic E-state index is 0.0296. The second kappa shape index (κ2) is 14.4. The van der Waals surface area contributed by atoms with Crippen LogP contribution in [0, 0.1) is 0 Å².